The summed E-state index contributed by atoms with van der Waals surface area (Å²) in [6, 6.07) is 6.14. The highest BCUT2D eigenvalue weighted by atomic mass is 16.6. The molecular weight excluding hydrogens is 350 g/mol. The van der Waals surface area contributed by atoms with Crippen LogP contribution in [-0.4, -0.2) is 36.8 Å². The third kappa shape index (κ3) is 7.29. The van der Waals surface area contributed by atoms with Crippen molar-refractivity contribution in [1.29, 1.82) is 0 Å². The van der Waals surface area contributed by atoms with E-state index in [9.17, 15) is 14.4 Å². The van der Waals surface area contributed by atoms with Crippen molar-refractivity contribution < 1.29 is 28.6 Å². The minimum absolute atomic E-state index is 0.0990. The predicted octanol–water partition coefficient (Wildman–Crippen LogP) is 3.30. The Morgan fingerprint density at radius 3 is 1.85 bits per heavy atom. The molecule has 0 aliphatic heterocycles. The Kier molecular flexibility index (Phi) is 8.28. The summed E-state index contributed by atoms with van der Waals surface area (Å²) in [6.07, 6.45) is -0.744. The first-order chi connectivity index (χ1) is 12.6. The van der Waals surface area contributed by atoms with Crippen LogP contribution in [0.1, 0.15) is 51.8 Å². The maximum absolute atomic E-state index is 12.5. The molecule has 7 heteroatoms. The van der Waals surface area contributed by atoms with Gasteiger partial charge >= 0.3 is 18.0 Å². The van der Waals surface area contributed by atoms with Gasteiger partial charge in [-0.15, -0.1) is 0 Å². The molecule has 0 heterocycles. The number of nitrogens with one attached hydrogen (secondary N) is 1. The number of esters is 2. The zero-order chi connectivity index (χ0) is 20.6. The molecule has 1 unspecified atom stereocenters. The normalized spacial score (nSPS) is 12.3. The molecule has 150 valence electrons. The lowest BCUT2D eigenvalue weighted by Crippen LogP contribution is -2.44. The third-order valence-electron chi connectivity index (χ3n) is 3.52. The molecule has 0 bridgehead atoms. The Hall–Kier alpha value is -2.57. The molecule has 0 radical (unpaired) electrons. The number of rotatable bonds is 7. The summed E-state index contributed by atoms with van der Waals surface area (Å²) in [4.78, 5) is 37.3. The minimum atomic E-state index is -1.35. The van der Waals surface area contributed by atoms with Crippen LogP contribution < -0.4 is 5.32 Å². The van der Waals surface area contributed by atoms with E-state index in [0.717, 1.165) is 5.56 Å². The molecule has 0 aromatic heterocycles. The Balaban J connectivity index is 3.28. The number of carbonyl (C=O) groups excluding carboxylic acids is 3. The lowest BCUT2D eigenvalue weighted by Gasteiger charge is -2.27. The average molecular weight is 379 g/mol. The summed E-state index contributed by atoms with van der Waals surface area (Å²) < 4.78 is 15.4. The number of carbonyl (C=O) groups is 3. The van der Waals surface area contributed by atoms with Crippen molar-refractivity contribution in [2.45, 2.75) is 53.2 Å². The SMILES string of the molecule is CCOC(=O)C(C(=O)OCC)C(NC(=O)OC(C)(C)C)c1ccc(C)cc1. The lowest BCUT2D eigenvalue weighted by molar-refractivity contribution is -0.163. The zero-order valence-electron chi connectivity index (χ0n) is 16.8. The van der Waals surface area contributed by atoms with Gasteiger partial charge in [0.15, 0.2) is 5.92 Å². The van der Waals surface area contributed by atoms with Crippen LogP contribution in [0.3, 0.4) is 0 Å². The van der Waals surface area contributed by atoms with E-state index in [-0.39, 0.29) is 13.2 Å². The molecule has 7 nitrogen and oxygen atoms in total. The number of alkyl carbamates (subject to hydrolysis) is 1. The van der Waals surface area contributed by atoms with Crippen molar-refractivity contribution in [2.75, 3.05) is 13.2 Å². The Bertz CT molecular complexity index is 629. The maximum atomic E-state index is 12.5. The fraction of sp³-hybridized carbons (Fsp3) is 0.550. The number of aryl methyl sites for hydroxylation is 1. The molecule has 27 heavy (non-hydrogen) atoms. The summed E-state index contributed by atoms with van der Waals surface area (Å²) in [5.41, 5.74) is 0.835. The number of ether oxygens (including phenoxy) is 3. The minimum Gasteiger partial charge on any atom is -0.465 e. The van der Waals surface area contributed by atoms with Gasteiger partial charge in [0.25, 0.3) is 0 Å². The number of hydrogen-bond acceptors (Lipinski definition) is 6. The van der Waals surface area contributed by atoms with Crippen molar-refractivity contribution in [1.82, 2.24) is 5.32 Å². The second-order valence-electron chi connectivity index (χ2n) is 7.02. The number of hydrogen-bond donors (Lipinski definition) is 1. The molecule has 1 N–H and O–H groups in total. The second kappa shape index (κ2) is 9.94. The molecule has 0 fully saturated rings. The first-order valence-corrected chi connectivity index (χ1v) is 8.98. The highest BCUT2D eigenvalue weighted by Gasteiger charge is 2.40. The molecule has 1 aromatic rings. The molecular formula is C20H29NO6. The van der Waals surface area contributed by atoms with E-state index in [1.54, 1.807) is 46.8 Å². The van der Waals surface area contributed by atoms with Gasteiger partial charge in [0.1, 0.15) is 5.60 Å². The quantitative estimate of drug-likeness (QED) is 0.444. The first kappa shape index (κ1) is 22.5. The number of amides is 1. The van der Waals surface area contributed by atoms with Gasteiger partial charge in [-0.1, -0.05) is 29.8 Å². The van der Waals surface area contributed by atoms with E-state index >= 15 is 0 Å². The largest absolute Gasteiger partial charge is 0.465 e. The van der Waals surface area contributed by atoms with Gasteiger partial charge in [-0.25, -0.2) is 4.79 Å². The van der Waals surface area contributed by atoms with Crippen LogP contribution in [0.15, 0.2) is 24.3 Å². The van der Waals surface area contributed by atoms with Crippen LogP contribution in [0.2, 0.25) is 0 Å². The van der Waals surface area contributed by atoms with Crippen LogP contribution in [0, 0.1) is 12.8 Å². The van der Waals surface area contributed by atoms with E-state index < -0.39 is 35.6 Å². The van der Waals surface area contributed by atoms with Gasteiger partial charge in [-0.2, -0.15) is 0 Å². The van der Waals surface area contributed by atoms with E-state index in [1.807, 2.05) is 19.1 Å². The van der Waals surface area contributed by atoms with Crippen molar-refractivity contribution >= 4 is 18.0 Å². The molecule has 0 aliphatic rings. The van der Waals surface area contributed by atoms with Crippen molar-refractivity contribution in [3.05, 3.63) is 35.4 Å². The van der Waals surface area contributed by atoms with Crippen molar-refractivity contribution in [3.63, 3.8) is 0 Å². The smallest absolute Gasteiger partial charge is 0.408 e. The molecule has 0 saturated carbocycles. The fourth-order valence-corrected chi connectivity index (χ4v) is 2.40. The molecule has 1 aromatic carbocycles. The van der Waals surface area contributed by atoms with Crippen LogP contribution in [0.25, 0.3) is 0 Å². The van der Waals surface area contributed by atoms with Gasteiger partial charge in [0.2, 0.25) is 0 Å². The van der Waals surface area contributed by atoms with Gasteiger partial charge in [0.05, 0.1) is 19.3 Å². The molecule has 1 atom stereocenters. The lowest BCUT2D eigenvalue weighted by atomic mass is 9.92. The highest BCUT2D eigenvalue weighted by Crippen LogP contribution is 2.26. The molecule has 1 rings (SSSR count). The summed E-state index contributed by atoms with van der Waals surface area (Å²) in [7, 11) is 0. The Labute approximate surface area is 160 Å². The molecule has 0 saturated heterocycles. The van der Waals surface area contributed by atoms with Gasteiger partial charge < -0.3 is 19.5 Å². The second-order valence-corrected chi connectivity index (χ2v) is 7.02. The highest BCUT2D eigenvalue weighted by molar-refractivity contribution is 5.96. The predicted molar refractivity (Wildman–Crippen MR) is 100 cm³/mol. The van der Waals surface area contributed by atoms with E-state index in [4.69, 9.17) is 14.2 Å². The van der Waals surface area contributed by atoms with Crippen molar-refractivity contribution in [2.24, 2.45) is 5.92 Å². The van der Waals surface area contributed by atoms with Crippen LogP contribution >= 0.6 is 0 Å². The summed E-state index contributed by atoms with van der Waals surface area (Å²) >= 11 is 0. The Morgan fingerprint density at radius 2 is 1.44 bits per heavy atom. The average Bonchev–Trinajstić information content (AvgIpc) is 2.53. The Morgan fingerprint density at radius 1 is 0.963 bits per heavy atom. The van der Waals surface area contributed by atoms with Gasteiger partial charge in [0, 0.05) is 0 Å². The van der Waals surface area contributed by atoms with E-state index in [2.05, 4.69) is 5.32 Å². The van der Waals surface area contributed by atoms with Crippen LogP contribution in [0.4, 0.5) is 4.79 Å². The van der Waals surface area contributed by atoms with Crippen molar-refractivity contribution in [3.8, 4) is 0 Å². The standard InChI is InChI=1S/C20H29NO6/c1-7-25-17(22)15(18(23)26-8-2)16(14-11-9-13(3)10-12-14)21-19(24)27-20(4,5)6/h9-12,15-16H,7-8H2,1-6H3,(H,21,24). The zero-order valence-corrected chi connectivity index (χ0v) is 16.8. The number of benzene rings is 1. The fourth-order valence-electron chi connectivity index (χ4n) is 2.40. The van der Waals surface area contributed by atoms with Gasteiger partial charge in [-0.3, -0.25) is 9.59 Å². The van der Waals surface area contributed by atoms with E-state index in [0.29, 0.717) is 5.56 Å². The first-order valence-electron chi connectivity index (χ1n) is 8.98. The monoisotopic (exact) mass is 379 g/mol. The summed E-state index contributed by atoms with van der Waals surface area (Å²) in [5, 5.41) is 2.63. The van der Waals surface area contributed by atoms with E-state index in [1.165, 1.54) is 0 Å². The maximum Gasteiger partial charge on any atom is 0.408 e. The topological polar surface area (TPSA) is 90.9 Å². The summed E-state index contributed by atoms with van der Waals surface area (Å²) in [6.45, 7) is 10.6. The van der Waals surface area contributed by atoms with Crippen LogP contribution in [-0.2, 0) is 23.8 Å². The third-order valence-corrected chi connectivity index (χ3v) is 3.52. The molecule has 1 amide bonds. The molecule has 0 spiro atoms. The van der Waals surface area contributed by atoms with Gasteiger partial charge in [-0.05, 0) is 47.1 Å². The summed E-state index contributed by atoms with van der Waals surface area (Å²) in [5.74, 6) is -2.88. The molecule has 0 aliphatic carbocycles. The van der Waals surface area contributed by atoms with Crippen LogP contribution in [0.5, 0.6) is 0 Å².